The topological polar surface area (TPSA) is 156 Å². The predicted octanol–water partition coefficient (Wildman–Crippen LogP) is -2.53. The highest BCUT2D eigenvalue weighted by Crippen LogP contribution is 1.80. The molecule has 1 amide bonds. The van der Waals surface area contributed by atoms with E-state index >= 15 is 0 Å². The molecule has 0 spiro atoms. The van der Waals surface area contributed by atoms with Crippen molar-refractivity contribution in [2.45, 2.75) is 6.04 Å². The minimum Gasteiger partial charge on any atom is -0.480 e. The molecule has 0 saturated heterocycles. The van der Waals surface area contributed by atoms with Crippen LogP contribution in [0, 0.1) is 0 Å². The summed E-state index contributed by atoms with van der Waals surface area (Å²) in [6.07, 6.45) is 0. The number of amides is 1. The summed E-state index contributed by atoms with van der Waals surface area (Å²) < 4.78 is 0. The fraction of sp³-hybridized carbons (Fsp3) is 0.571. The van der Waals surface area contributed by atoms with Crippen LogP contribution in [0.1, 0.15) is 0 Å². The van der Waals surface area contributed by atoms with E-state index in [1.165, 1.54) is 0 Å². The van der Waals surface area contributed by atoms with Crippen LogP contribution in [-0.4, -0.2) is 52.9 Å². The Morgan fingerprint density at radius 1 is 1.31 bits per heavy atom. The maximum atomic E-state index is 10.2. The van der Waals surface area contributed by atoms with Gasteiger partial charge >= 0.3 is 11.9 Å². The van der Waals surface area contributed by atoms with Gasteiger partial charge in [-0.05, 0) is 0 Å². The molecule has 0 aliphatic heterocycles. The minimum absolute atomic E-state index is 0.173. The molecular formula is C7H15N3O5S. The molecule has 0 bridgehead atoms. The zero-order valence-electron chi connectivity index (χ0n) is 8.42. The van der Waals surface area contributed by atoms with Gasteiger partial charge in [0.05, 0.1) is 6.54 Å². The van der Waals surface area contributed by atoms with Crippen LogP contribution in [0.5, 0.6) is 0 Å². The molecule has 16 heavy (non-hydrogen) atoms. The van der Waals surface area contributed by atoms with Crippen molar-refractivity contribution in [1.82, 2.24) is 5.32 Å². The first-order valence-electron chi connectivity index (χ1n) is 4.12. The summed E-state index contributed by atoms with van der Waals surface area (Å²) in [5.74, 6) is -2.35. The highest BCUT2D eigenvalue weighted by Gasteiger charge is 2.06. The van der Waals surface area contributed by atoms with E-state index in [1.807, 2.05) is 0 Å². The summed E-state index contributed by atoms with van der Waals surface area (Å²) in [7, 11) is 0. The standard InChI is InChI=1S/C4H8N2O3.C3H7NO2S/c5-1-3(7)6-2-4(8)9;4-2(1-7)3(5)6/h1-2,5H2,(H,6,7)(H,8,9);2,7H,1,4H2,(H,5,6). The monoisotopic (exact) mass is 253 g/mol. The Labute approximate surface area is 97.4 Å². The third kappa shape index (κ3) is 12.7. The van der Waals surface area contributed by atoms with Gasteiger partial charge < -0.3 is 27.0 Å². The average molecular weight is 253 g/mol. The summed E-state index contributed by atoms with van der Waals surface area (Å²) in [6, 6.07) is -0.816. The first kappa shape index (κ1) is 17.1. The molecule has 0 aliphatic rings. The quantitative estimate of drug-likeness (QED) is 0.295. The highest BCUT2D eigenvalue weighted by atomic mass is 32.1. The summed E-state index contributed by atoms with van der Waals surface area (Å²) in [6.45, 7) is -0.538. The fourth-order valence-corrected chi connectivity index (χ4v) is 0.481. The normalized spacial score (nSPS) is 10.7. The Balaban J connectivity index is 0. The lowest BCUT2D eigenvalue weighted by molar-refractivity contribution is -0.138. The van der Waals surface area contributed by atoms with Crippen molar-refractivity contribution in [3.63, 3.8) is 0 Å². The van der Waals surface area contributed by atoms with Crippen LogP contribution in [0.2, 0.25) is 0 Å². The summed E-state index contributed by atoms with van der Waals surface area (Å²) in [5, 5.41) is 18.1. The second kappa shape index (κ2) is 10.2. The summed E-state index contributed by atoms with van der Waals surface area (Å²) in [4.78, 5) is 29.7. The van der Waals surface area contributed by atoms with Gasteiger partial charge in [-0.25, -0.2) is 0 Å². The molecule has 7 N–H and O–H groups in total. The number of hydrogen-bond donors (Lipinski definition) is 6. The van der Waals surface area contributed by atoms with Crippen molar-refractivity contribution in [3.05, 3.63) is 0 Å². The van der Waals surface area contributed by atoms with Gasteiger partial charge in [-0.15, -0.1) is 0 Å². The average Bonchev–Trinajstić information content (AvgIpc) is 2.25. The van der Waals surface area contributed by atoms with E-state index in [4.69, 9.17) is 21.7 Å². The van der Waals surface area contributed by atoms with Gasteiger partial charge in [0.1, 0.15) is 12.6 Å². The third-order valence-electron chi connectivity index (χ3n) is 1.14. The Kier molecular flexibility index (Phi) is 10.9. The van der Waals surface area contributed by atoms with E-state index in [-0.39, 0.29) is 18.8 Å². The molecule has 0 aromatic carbocycles. The van der Waals surface area contributed by atoms with Crippen LogP contribution in [-0.2, 0) is 14.4 Å². The molecule has 1 atom stereocenters. The molecule has 0 fully saturated rings. The van der Waals surface area contributed by atoms with Crippen molar-refractivity contribution in [2.24, 2.45) is 11.5 Å². The SMILES string of the molecule is NC(CS)C(=O)O.NCC(=O)NCC(=O)O. The van der Waals surface area contributed by atoms with Crippen LogP contribution < -0.4 is 16.8 Å². The van der Waals surface area contributed by atoms with E-state index in [2.05, 4.69) is 17.9 Å². The second-order valence-electron chi connectivity index (χ2n) is 2.50. The lowest BCUT2D eigenvalue weighted by Crippen LogP contribution is -2.34. The maximum Gasteiger partial charge on any atom is 0.322 e. The van der Waals surface area contributed by atoms with Crippen LogP contribution in [0.4, 0.5) is 0 Å². The van der Waals surface area contributed by atoms with Gasteiger partial charge in [-0.1, -0.05) is 0 Å². The molecule has 0 aromatic rings. The zero-order chi connectivity index (χ0) is 13.1. The van der Waals surface area contributed by atoms with E-state index in [0.717, 1.165) is 0 Å². The molecule has 0 radical (unpaired) electrons. The number of carboxylic acid groups (broad SMARTS) is 2. The number of hydrogen-bond acceptors (Lipinski definition) is 6. The first-order chi connectivity index (χ1) is 7.34. The lowest BCUT2D eigenvalue weighted by atomic mass is 10.4. The third-order valence-corrected chi connectivity index (χ3v) is 1.53. The number of aliphatic carboxylic acids is 2. The smallest absolute Gasteiger partial charge is 0.322 e. The second-order valence-corrected chi connectivity index (χ2v) is 2.87. The van der Waals surface area contributed by atoms with E-state index in [0.29, 0.717) is 0 Å². The first-order valence-corrected chi connectivity index (χ1v) is 4.76. The van der Waals surface area contributed by atoms with E-state index in [9.17, 15) is 14.4 Å². The van der Waals surface area contributed by atoms with E-state index in [1.54, 1.807) is 0 Å². The van der Waals surface area contributed by atoms with Crippen LogP contribution in [0.25, 0.3) is 0 Å². The Bertz CT molecular complexity index is 248. The number of carbonyl (C=O) groups excluding carboxylic acids is 1. The van der Waals surface area contributed by atoms with Crippen LogP contribution in [0.3, 0.4) is 0 Å². The number of rotatable bonds is 5. The highest BCUT2D eigenvalue weighted by molar-refractivity contribution is 7.80. The molecule has 0 rings (SSSR count). The Morgan fingerprint density at radius 2 is 1.81 bits per heavy atom. The molecule has 94 valence electrons. The minimum atomic E-state index is -1.07. The van der Waals surface area contributed by atoms with Crippen molar-refractivity contribution >= 4 is 30.5 Å². The number of carbonyl (C=O) groups is 3. The number of nitrogens with one attached hydrogen (secondary N) is 1. The molecule has 0 aromatic heterocycles. The molecule has 9 heteroatoms. The van der Waals surface area contributed by atoms with E-state index < -0.39 is 23.9 Å². The zero-order valence-corrected chi connectivity index (χ0v) is 9.31. The molecule has 8 nitrogen and oxygen atoms in total. The lowest BCUT2D eigenvalue weighted by Gasteiger charge is -1.96. The summed E-state index contributed by atoms with van der Waals surface area (Å²) >= 11 is 3.65. The maximum absolute atomic E-state index is 10.2. The van der Waals surface area contributed by atoms with Gasteiger partial charge in [0.2, 0.25) is 5.91 Å². The molecule has 0 saturated carbocycles. The van der Waals surface area contributed by atoms with Gasteiger partial charge in [0, 0.05) is 5.75 Å². The van der Waals surface area contributed by atoms with Crippen molar-refractivity contribution < 1.29 is 24.6 Å². The van der Waals surface area contributed by atoms with Gasteiger partial charge in [-0.2, -0.15) is 12.6 Å². The van der Waals surface area contributed by atoms with Crippen molar-refractivity contribution in [1.29, 1.82) is 0 Å². The molecule has 1 unspecified atom stereocenters. The molecule has 0 heterocycles. The fourth-order valence-electron chi connectivity index (χ4n) is 0.324. The van der Waals surface area contributed by atoms with Gasteiger partial charge in [-0.3, -0.25) is 14.4 Å². The Morgan fingerprint density at radius 3 is 2.00 bits per heavy atom. The molecule has 0 aliphatic carbocycles. The molecular weight excluding hydrogens is 238 g/mol. The number of carboxylic acids is 2. The Hall–Kier alpha value is -1.32. The predicted molar refractivity (Wildman–Crippen MR) is 59.2 cm³/mol. The van der Waals surface area contributed by atoms with Crippen molar-refractivity contribution in [2.75, 3.05) is 18.8 Å². The largest absolute Gasteiger partial charge is 0.480 e. The van der Waals surface area contributed by atoms with Gasteiger partial charge in [0.15, 0.2) is 0 Å². The number of nitrogens with two attached hydrogens (primary N) is 2. The number of thiol groups is 1. The van der Waals surface area contributed by atoms with Gasteiger partial charge in [0.25, 0.3) is 0 Å². The van der Waals surface area contributed by atoms with Crippen molar-refractivity contribution in [3.8, 4) is 0 Å². The van der Waals surface area contributed by atoms with Crippen LogP contribution in [0.15, 0.2) is 0 Å². The van der Waals surface area contributed by atoms with Crippen LogP contribution >= 0.6 is 12.6 Å². The summed E-state index contributed by atoms with van der Waals surface area (Å²) in [5.41, 5.74) is 9.79.